The van der Waals surface area contributed by atoms with Crippen molar-refractivity contribution in [1.82, 2.24) is 9.71 Å². The molecule has 2 atom stereocenters. The van der Waals surface area contributed by atoms with E-state index in [1.54, 1.807) is 25.3 Å². The number of unbranched alkanes of at least 4 members (excludes halogenated alkanes) is 1. The number of nitrogen functional groups attached to an aromatic ring is 1. The quantitative estimate of drug-likeness (QED) is 0.329. The van der Waals surface area contributed by atoms with Gasteiger partial charge in [-0.05, 0) is 37.8 Å². The molecule has 0 saturated heterocycles. The van der Waals surface area contributed by atoms with Gasteiger partial charge in [0.25, 0.3) is 0 Å². The second-order valence-corrected chi connectivity index (χ2v) is 9.59. The number of hydrogen-bond donors (Lipinski definition) is 3. The second kappa shape index (κ2) is 11.8. The first-order valence-electron chi connectivity index (χ1n) is 9.35. The zero-order valence-corrected chi connectivity index (χ0v) is 18.8. The predicted molar refractivity (Wildman–Crippen MR) is 124 cm³/mol. The van der Waals surface area contributed by atoms with E-state index < -0.39 is 9.71 Å². The lowest BCUT2D eigenvalue weighted by atomic mass is 10.0. The van der Waals surface area contributed by atoms with E-state index in [1.165, 1.54) is 24.2 Å². The van der Waals surface area contributed by atoms with Gasteiger partial charge < -0.3 is 5.73 Å². The first-order chi connectivity index (χ1) is 13.2. The topological polar surface area (TPSA) is 91.9 Å². The Kier molecular flexibility index (Phi) is 10.1. The molecule has 0 amide bonds. The number of nitrogens with two attached hydrogens (primary N) is 1. The third-order valence-corrected chi connectivity index (χ3v) is 7.02. The molecular weight excluding hydrogens is 388 g/mol. The molecule has 2 unspecified atom stereocenters. The summed E-state index contributed by atoms with van der Waals surface area (Å²) in [7, 11) is -2.57. The Morgan fingerprint density at radius 1 is 1.43 bits per heavy atom. The molecule has 4 N–H and O–H groups in total. The highest BCUT2D eigenvalue weighted by molar-refractivity contribution is 8.02. The highest BCUT2D eigenvalue weighted by Gasteiger charge is 2.20. The number of amidine groups is 1. The molecule has 0 aliphatic carbocycles. The van der Waals surface area contributed by atoms with Gasteiger partial charge in [-0.2, -0.15) is 0 Å². The fraction of sp³-hybridized carbons (Fsp3) is 0.381. The Morgan fingerprint density at radius 3 is 2.61 bits per heavy atom. The molecular formula is C21H32N4OS2. The lowest BCUT2D eigenvalue weighted by molar-refractivity contribution is 0.623. The Labute approximate surface area is 173 Å². The summed E-state index contributed by atoms with van der Waals surface area (Å²) in [5.74, 6) is 3.88. The Morgan fingerprint density at radius 2 is 2.11 bits per heavy atom. The van der Waals surface area contributed by atoms with Crippen LogP contribution >= 0.6 is 11.3 Å². The van der Waals surface area contributed by atoms with Crippen molar-refractivity contribution in [3.63, 3.8) is 0 Å². The molecule has 1 aromatic carbocycles. The third-order valence-electron chi connectivity index (χ3n) is 4.19. The maximum atomic E-state index is 12.8. The molecule has 1 aromatic heterocycles. The summed E-state index contributed by atoms with van der Waals surface area (Å²) in [4.78, 5) is 5.07. The fourth-order valence-corrected chi connectivity index (χ4v) is 4.19. The summed E-state index contributed by atoms with van der Waals surface area (Å²) >= 11 is 1.51. The third kappa shape index (κ3) is 7.58. The molecule has 0 aliphatic heterocycles. The van der Waals surface area contributed by atoms with E-state index in [-0.39, 0.29) is 11.9 Å². The smallest absolute Gasteiger partial charge is 0.122 e. The average Bonchev–Trinajstić information content (AvgIpc) is 3.21. The van der Waals surface area contributed by atoms with Gasteiger partial charge in [0.1, 0.15) is 10.8 Å². The van der Waals surface area contributed by atoms with E-state index in [1.807, 2.05) is 30.5 Å². The standard InChI is InChI=1S/C17H22N4OS2.C4H10/c1-4-12(2)24(3,22)21-15(17-20-8-9-23-17)11-13-6-5-7-14(10-13)16(18)19;1-3-4-2/h4-10,15H,3,11H2,1-2H3,(H3,18,19)(H,21,22);3-4H2,1-2H3/b12-4+;. The van der Waals surface area contributed by atoms with Crippen LogP contribution in [0.2, 0.25) is 0 Å². The highest BCUT2D eigenvalue weighted by atomic mass is 32.2. The van der Waals surface area contributed by atoms with Gasteiger partial charge in [-0.3, -0.25) is 5.41 Å². The molecule has 0 saturated carbocycles. The Balaban J connectivity index is 0.000000892. The first-order valence-corrected chi connectivity index (χ1v) is 12.0. The van der Waals surface area contributed by atoms with Gasteiger partial charge in [0.05, 0.1) is 6.04 Å². The molecule has 0 fully saturated rings. The van der Waals surface area contributed by atoms with E-state index in [9.17, 15) is 4.21 Å². The van der Waals surface area contributed by atoms with Crippen LogP contribution in [0.3, 0.4) is 0 Å². The van der Waals surface area contributed by atoms with Crippen LogP contribution in [0.1, 0.15) is 62.7 Å². The van der Waals surface area contributed by atoms with Crippen molar-refractivity contribution in [2.45, 2.75) is 53.0 Å². The number of rotatable bonds is 8. The first kappa shape index (κ1) is 24.1. The zero-order chi connectivity index (χ0) is 21.2. The summed E-state index contributed by atoms with van der Waals surface area (Å²) in [6.45, 7) is 8.01. The Hall–Kier alpha value is -1.96. The lowest BCUT2D eigenvalue weighted by Gasteiger charge is -2.20. The van der Waals surface area contributed by atoms with Gasteiger partial charge in [-0.15, -0.1) is 11.3 Å². The van der Waals surface area contributed by atoms with Crippen LogP contribution in [0.5, 0.6) is 0 Å². The summed E-state index contributed by atoms with van der Waals surface area (Å²) < 4.78 is 16.0. The van der Waals surface area contributed by atoms with Crippen molar-refractivity contribution < 1.29 is 4.21 Å². The second-order valence-electron chi connectivity index (χ2n) is 6.43. The molecule has 0 radical (unpaired) electrons. The van der Waals surface area contributed by atoms with Crippen molar-refractivity contribution in [1.29, 1.82) is 5.41 Å². The fourth-order valence-electron chi connectivity index (χ4n) is 2.20. The summed E-state index contributed by atoms with van der Waals surface area (Å²) in [5.41, 5.74) is 7.22. The van der Waals surface area contributed by atoms with Crippen molar-refractivity contribution >= 4 is 32.8 Å². The number of nitrogens with zero attached hydrogens (tertiary/aromatic N) is 1. The summed E-state index contributed by atoms with van der Waals surface area (Å²) in [6, 6.07) is 7.27. The minimum atomic E-state index is -2.57. The molecule has 154 valence electrons. The number of nitrogens with one attached hydrogen (secondary N) is 2. The van der Waals surface area contributed by atoms with E-state index >= 15 is 0 Å². The summed E-state index contributed by atoms with van der Waals surface area (Å²) in [6.07, 6.45) is 6.75. The number of allylic oxidation sites excluding steroid dienone is 2. The molecule has 5 nitrogen and oxygen atoms in total. The van der Waals surface area contributed by atoms with Crippen molar-refractivity contribution in [2.24, 2.45) is 5.73 Å². The molecule has 2 aromatic rings. The van der Waals surface area contributed by atoms with E-state index in [4.69, 9.17) is 11.1 Å². The molecule has 0 bridgehead atoms. The summed E-state index contributed by atoms with van der Waals surface area (Å²) in [5, 5.41) is 10.3. The maximum Gasteiger partial charge on any atom is 0.122 e. The van der Waals surface area contributed by atoms with Gasteiger partial charge in [0.15, 0.2) is 0 Å². The molecule has 0 aliphatic rings. The number of hydrogen-bond acceptors (Lipinski definition) is 4. The maximum absolute atomic E-state index is 12.8. The van der Waals surface area contributed by atoms with Gasteiger partial charge in [0.2, 0.25) is 0 Å². The van der Waals surface area contributed by atoms with Crippen molar-refractivity contribution in [2.75, 3.05) is 0 Å². The van der Waals surface area contributed by atoms with Crippen LogP contribution in [0.4, 0.5) is 0 Å². The zero-order valence-electron chi connectivity index (χ0n) is 17.2. The average molecular weight is 421 g/mol. The van der Waals surface area contributed by atoms with Crippen LogP contribution < -0.4 is 10.5 Å². The van der Waals surface area contributed by atoms with Crippen LogP contribution in [0.15, 0.2) is 46.8 Å². The minimum Gasteiger partial charge on any atom is -0.384 e. The minimum absolute atomic E-state index is 0.0290. The number of thiazole rings is 1. The van der Waals surface area contributed by atoms with Crippen molar-refractivity contribution in [3.8, 4) is 0 Å². The van der Waals surface area contributed by atoms with Crippen molar-refractivity contribution in [3.05, 3.63) is 63.0 Å². The van der Waals surface area contributed by atoms with Gasteiger partial charge in [-0.25, -0.2) is 13.9 Å². The monoisotopic (exact) mass is 420 g/mol. The number of benzene rings is 1. The molecule has 2 rings (SSSR count). The normalized spacial score (nSPS) is 14.5. The SMILES string of the molecule is C=S(=O)(NC(Cc1cccc(C(=N)N)c1)c1nccs1)/C(C)=C/C.CCCC. The Bertz CT molecular complexity index is 870. The van der Waals surface area contributed by atoms with Crippen LogP contribution in [0.25, 0.3) is 0 Å². The molecule has 7 heteroatoms. The van der Waals surface area contributed by atoms with Crippen LogP contribution in [-0.2, 0) is 16.1 Å². The van der Waals surface area contributed by atoms with Gasteiger partial charge >= 0.3 is 0 Å². The molecule has 0 spiro atoms. The molecule has 28 heavy (non-hydrogen) atoms. The molecule has 1 heterocycles. The van der Waals surface area contributed by atoms with Crippen LogP contribution in [0, 0.1) is 5.41 Å². The van der Waals surface area contributed by atoms with Gasteiger partial charge in [-0.1, -0.05) is 51.0 Å². The highest BCUT2D eigenvalue weighted by Crippen LogP contribution is 2.23. The van der Waals surface area contributed by atoms with E-state index in [0.717, 1.165) is 10.6 Å². The number of aromatic nitrogens is 1. The van der Waals surface area contributed by atoms with Gasteiger partial charge in [0, 0.05) is 31.8 Å². The van der Waals surface area contributed by atoms with Crippen LogP contribution in [-0.4, -0.2) is 20.9 Å². The predicted octanol–water partition coefficient (Wildman–Crippen LogP) is 4.66. The lowest BCUT2D eigenvalue weighted by Crippen LogP contribution is -2.30. The largest absolute Gasteiger partial charge is 0.384 e. The van der Waals surface area contributed by atoms with E-state index in [2.05, 4.69) is 29.4 Å². The van der Waals surface area contributed by atoms with E-state index in [0.29, 0.717) is 16.9 Å².